The lowest BCUT2D eigenvalue weighted by atomic mass is 9.82. The molecular weight excluding hydrogens is 312 g/mol. The Morgan fingerprint density at radius 3 is 2.74 bits per heavy atom. The smallest absolute Gasteiger partial charge is 0.227 e. The van der Waals surface area contributed by atoms with Gasteiger partial charge in [0.1, 0.15) is 5.69 Å². The topological polar surface area (TPSA) is 82.2 Å². The van der Waals surface area contributed by atoms with Crippen molar-refractivity contribution in [2.24, 2.45) is 0 Å². The summed E-state index contributed by atoms with van der Waals surface area (Å²) in [5.74, 6) is -0.326. The second kappa shape index (κ2) is 5.88. The monoisotopic (exact) mass is 328 g/mol. The Morgan fingerprint density at radius 2 is 2.05 bits per heavy atom. The number of carbonyl (C=O) groups excluding carboxylic acids is 1. The molecule has 0 unspecified atom stereocenters. The Kier molecular flexibility index (Phi) is 4.42. The predicted octanol–water partition coefficient (Wildman–Crippen LogP) is 2.16. The molecular formula is C13H17BrN2O3. The van der Waals surface area contributed by atoms with Gasteiger partial charge in [-0.25, -0.2) is 0 Å². The molecule has 1 amide bonds. The molecule has 0 saturated heterocycles. The molecule has 3 N–H and O–H groups in total. The second-order valence-electron chi connectivity index (χ2n) is 5.06. The summed E-state index contributed by atoms with van der Waals surface area (Å²) >= 11 is 3.10. The van der Waals surface area contributed by atoms with Gasteiger partial charge >= 0.3 is 0 Å². The van der Waals surface area contributed by atoms with Gasteiger partial charge < -0.3 is 15.4 Å². The van der Waals surface area contributed by atoms with Crippen LogP contribution in [0, 0.1) is 0 Å². The maximum Gasteiger partial charge on any atom is 0.227 e. The Morgan fingerprint density at radius 1 is 1.37 bits per heavy atom. The van der Waals surface area contributed by atoms with Crippen molar-refractivity contribution < 1.29 is 9.90 Å². The molecule has 0 aliphatic heterocycles. The van der Waals surface area contributed by atoms with Crippen LogP contribution in [0.4, 0.5) is 5.69 Å². The third-order valence-electron chi connectivity index (χ3n) is 3.45. The van der Waals surface area contributed by atoms with E-state index in [2.05, 4.69) is 26.2 Å². The number of carbonyl (C=O) groups is 1. The first-order valence-electron chi connectivity index (χ1n) is 6.39. The SMILES string of the molecule is O=C(CC1(O)CCCCC1)Nc1c[nH]cc(Br)c1=O. The number of pyridine rings is 1. The summed E-state index contributed by atoms with van der Waals surface area (Å²) < 4.78 is 0.363. The van der Waals surface area contributed by atoms with Crippen molar-refractivity contribution >= 4 is 27.5 Å². The predicted molar refractivity (Wildman–Crippen MR) is 76.0 cm³/mol. The zero-order valence-corrected chi connectivity index (χ0v) is 12.1. The number of rotatable bonds is 3. The minimum atomic E-state index is -0.916. The van der Waals surface area contributed by atoms with Crippen molar-refractivity contribution in [3.63, 3.8) is 0 Å². The van der Waals surface area contributed by atoms with E-state index in [1.807, 2.05) is 0 Å². The lowest BCUT2D eigenvalue weighted by Gasteiger charge is -2.31. The van der Waals surface area contributed by atoms with Crippen LogP contribution in [0.3, 0.4) is 0 Å². The molecule has 1 aromatic heterocycles. The summed E-state index contributed by atoms with van der Waals surface area (Å²) in [5.41, 5.74) is -0.997. The standard InChI is InChI=1S/C13H17BrN2O3/c14-9-7-15-8-10(12(9)18)16-11(17)6-13(19)4-2-1-3-5-13/h7-8,19H,1-6H2,(H,15,18)(H,16,17). The average Bonchev–Trinajstić information content (AvgIpc) is 2.35. The number of hydrogen-bond donors (Lipinski definition) is 3. The molecule has 19 heavy (non-hydrogen) atoms. The summed E-state index contributed by atoms with van der Waals surface area (Å²) in [6.45, 7) is 0. The van der Waals surface area contributed by atoms with Crippen molar-refractivity contribution in [2.75, 3.05) is 5.32 Å². The van der Waals surface area contributed by atoms with Crippen LogP contribution >= 0.6 is 15.9 Å². The van der Waals surface area contributed by atoms with Crippen LogP contribution in [0.15, 0.2) is 21.7 Å². The van der Waals surface area contributed by atoms with Gasteiger partial charge in [-0.15, -0.1) is 0 Å². The van der Waals surface area contributed by atoms with Gasteiger partial charge in [0.15, 0.2) is 0 Å². The fourth-order valence-corrected chi connectivity index (χ4v) is 2.78. The minimum absolute atomic E-state index is 0.0406. The first-order chi connectivity index (χ1) is 9.00. The van der Waals surface area contributed by atoms with E-state index in [0.29, 0.717) is 17.3 Å². The van der Waals surface area contributed by atoms with Crippen LogP contribution in [-0.2, 0) is 4.79 Å². The van der Waals surface area contributed by atoms with E-state index in [1.54, 1.807) is 0 Å². The lowest BCUT2D eigenvalue weighted by Crippen LogP contribution is -2.36. The van der Waals surface area contributed by atoms with Crippen molar-refractivity contribution in [1.29, 1.82) is 0 Å². The number of aliphatic hydroxyl groups is 1. The molecule has 2 rings (SSSR count). The molecule has 5 nitrogen and oxygen atoms in total. The van der Waals surface area contributed by atoms with Crippen LogP contribution < -0.4 is 10.7 Å². The highest BCUT2D eigenvalue weighted by molar-refractivity contribution is 9.10. The maximum absolute atomic E-state index is 11.9. The lowest BCUT2D eigenvalue weighted by molar-refractivity contribution is -0.122. The highest BCUT2D eigenvalue weighted by atomic mass is 79.9. The normalized spacial score (nSPS) is 18.0. The van der Waals surface area contributed by atoms with E-state index in [-0.39, 0.29) is 23.4 Å². The fraction of sp³-hybridized carbons (Fsp3) is 0.538. The molecule has 0 spiro atoms. The van der Waals surface area contributed by atoms with Gasteiger partial charge in [0.2, 0.25) is 11.3 Å². The average molecular weight is 329 g/mol. The molecule has 6 heteroatoms. The van der Waals surface area contributed by atoms with Gasteiger partial charge in [-0.2, -0.15) is 0 Å². The van der Waals surface area contributed by atoms with Crippen LogP contribution in [0.1, 0.15) is 38.5 Å². The van der Waals surface area contributed by atoms with Crippen molar-refractivity contribution in [2.45, 2.75) is 44.1 Å². The van der Waals surface area contributed by atoms with E-state index >= 15 is 0 Å². The largest absolute Gasteiger partial charge is 0.389 e. The summed E-state index contributed by atoms with van der Waals surface area (Å²) in [6, 6.07) is 0. The molecule has 0 bridgehead atoms. The zero-order valence-electron chi connectivity index (χ0n) is 10.5. The van der Waals surface area contributed by atoms with E-state index in [9.17, 15) is 14.7 Å². The quantitative estimate of drug-likeness (QED) is 0.795. The van der Waals surface area contributed by atoms with Crippen molar-refractivity contribution in [3.8, 4) is 0 Å². The first-order valence-corrected chi connectivity index (χ1v) is 7.18. The minimum Gasteiger partial charge on any atom is -0.389 e. The van der Waals surface area contributed by atoms with Crippen LogP contribution in [-0.4, -0.2) is 21.6 Å². The second-order valence-corrected chi connectivity index (χ2v) is 5.91. The summed E-state index contributed by atoms with van der Waals surface area (Å²) in [6.07, 6.45) is 7.28. The number of hydrogen-bond acceptors (Lipinski definition) is 3. The number of H-pyrrole nitrogens is 1. The number of nitrogens with one attached hydrogen (secondary N) is 2. The number of anilines is 1. The summed E-state index contributed by atoms with van der Waals surface area (Å²) in [5, 5.41) is 12.8. The molecule has 1 fully saturated rings. The molecule has 0 aromatic carbocycles. The number of amides is 1. The van der Waals surface area contributed by atoms with E-state index < -0.39 is 5.60 Å². The highest BCUT2D eigenvalue weighted by Gasteiger charge is 2.31. The molecule has 104 valence electrons. The van der Waals surface area contributed by atoms with Crippen molar-refractivity contribution in [3.05, 3.63) is 27.1 Å². The maximum atomic E-state index is 11.9. The van der Waals surface area contributed by atoms with E-state index in [1.165, 1.54) is 12.4 Å². The Hall–Kier alpha value is -1.14. The third-order valence-corrected chi connectivity index (χ3v) is 4.04. The Labute approximate surface area is 119 Å². The van der Waals surface area contributed by atoms with E-state index in [4.69, 9.17) is 0 Å². The van der Waals surface area contributed by atoms with Gasteiger partial charge in [-0.05, 0) is 28.8 Å². The number of halogens is 1. The number of aromatic nitrogens is 1. The van der Waals surface area contributed by atoms with Gasteiger partial charge in [0.25, 0.3) is 0 Å². The number of aromatic amines is 1. The summed E-state index contributed by atoms with van der Waals surface area (Å²) in [7, 11) is 0. The highest BCUT2D eigenvalue weighted by Crippen LogP contribution is 2.30. The van der Waals surface area contributed by atoms with Crippen LogP contribution in [0.25, 0.3) is 0 Å². The molecule has 1 saturated carbocycles. The van der Waals surface area contributed by atoms with Gasteiger partial charge in [-0.1, -0.05) is 19.3 Å². The molecule has 1 aliphatic rings. The molecule has 1 aliphatic carbocycles. The third kappa shape index (κ3) is 3.67. The van der Waals surface area contributed by atoms with Crippen LogP contribution in [0.2, 0.25) is 0 Å². The van der Waals surface area contributed by atoms with Gasteiger partial charge in [0, 0.05) is 12.4 Å². The first kappa shape index (κ1) is 14.3. The van der Waals surface area contributed by atoms with Crippen molar-refractivity contribution in [1.82, 2.24) is 4.98 Å². The van der Waals surface area contributed by atoms with Gasteiger partial charge in [0.05, 0.1) is 16.5 Å². The Balaban J connectivity index is 2.01. The molecule has 0 atom stereocenters. The molecule has 0 radical (unpaired) electrons. The fourth-order valence-electron chi connectivity index (χ4n) is 2.43. The van der Waals surface area contributed by atoms with E-state index in [0.717, 1.165) is 19.3 Å². The van der Waals surface area contributed by atoms with Gasteiger partial charge in [-0.3, -0.25) is 9.59 Å². The van der Waals surface area contributed by atoms with Crippen LogP contribution in [0.5, 0.6) is 0 Å². The Bertz CT molecular complexity index is 521. The molecule has 1 aromatic rings. The summed E-state index contributed by atoms with van der Waals surface area (Å²) in [4.78, 5) is 26.4. The zero-order chi connectivity index (χ0) is 13.9. The molecule has 1 heterocycles.